The van der Waals surface area contributed by atoms with E-state index in [0.717, 1.165) is 5.69 Å². The second-order valence-corrected chi connectivity index (χ2v) is 3.26. The average molecular weight is 248 g/mol. The molecule has 0 spiro atoms. The molecule has 94 valence electrons. The molecule has 8 heteroatoms. The Kier molecular flexibility index (Phi) is 3.49. The van der Waals surface area contributed by atoms with E-state index in [9.17, 15) is 0 Å². The molecule has 0 atom stereocenters. The number of rotatable bonds is 4. The summed E-state index contributed by atoms with van der Waals surface area (Å²) in [7, 11) is 1.44. The molecule has 0 saturated carbocycles. The molecule has 18 heavy (non-hydrogen) atoms. The quantitative estimate of drug-likeness (QED) is 0.600. The summed E-state index contributed by atoms with van der Waals surface area (Å²) >= 11 is 0. The highest BCUT2D eigenvalue weighted by molar-refractivity contribution is 5.31. The lowest BCUT2D eigenvalue weighted by atomic mass is 10.3. The Morgan fingerprint density at radius 1 is 1.22 bits per heavy atom. The van der Waals surface area contributed by atoms with Gasteiger partial charge in [0.1, 0.15) is 0 Å². The topological polar surface area (TPSA) is 108 Å². The van der Waals surface area contributed by atoms with Crippen LogP contribution >= 0.6 is 0 Å². The Hall–Kier alpha value is -2.48. The molecule has 0 aliphatic rings. The summed E-state index contributed by atoms with van der Waals surface area (Å²) in [4.78, 5) is 15.8. The van der Waals surface area contributed by atoms with Gasteiger partial charge in [0.25, 0.3) is 0 Å². The maximum absolute atomic E-state index is 5.49. The molecule has 2 heterocycles. The van der Waals surface area contributed by atoms with Crippen molar-refractivity contribution in [1.29, 1.82) is 0 Å². The van der Waals surface area contributed by atoms with Gasteiger partial charge in [-0.3, -0.25) is 10.4 Å². The molecule has 0 aliphatic carbocycles. The lowest BCUT2D eigenvalue weighted by Crippen LogP contribution is -2.12. The summed E-state index contributed by atoms with van der Waals surface area (Å²) in [6, 6.07) is 3.69. The van der Waals surface area contributed by atoms with Crippen molar-refractivity contribution in [2.45, 2.75) is 6.92 Å². The number of aromatic nitrogens is 4. The first kappa shape index (κ1) is 12.0. The van der Waals surface area contributed by atoms with E-state index in [2.05, 4.69) is 25.4 Å². The molecular formula is C10H12N6O2. The van der Waals surface area contributed by atoms with Gasteiger partial charge in [-0.1, -0.05) is 0 Å². The SMILES string of the molecule is COc1nc(NN)nc(Oc2cccnc2C)n1. The normalized spacial score (nSPS) is 9.94. The molecule has 2 aromatic rings. The minimum Gasteiger partial charge on any atom is -0.467 e. The van der Waals surface area contributed by atoms with Crippen molar-refractivity contribution in [2.75, 3.05) is 12.5 Å². The fourth-order valence-corrected chi connectivity index (χ4v) is 1.22. The number of hydrogen-bond donors (Lipinski definition) is 2. The Morgan fingerprint density at radius 2 is 2.00 bits per heavy atom. The summed E-state index contributed by atoms with van der Waals surface area (Å²) in [5.41, 5.74) is 3.03. The zero-order valence-corrected chi connectivity index (χ0v) is 9.91. The second-order valence-electron chi connectivity index (χ2n) is 3.26. The third kappa shape index (κ3) is 2.61. The van der Waals surface area contributed by atoms with Crippen molar-refractivity contribution >= 4 is 5.95 Å². The maximum Gasteiger partial charge on any atom is 0.330 e. The van der Waals surface area contributed by atoms with E-state index >= 15 is 0 Å². The summed E-state index contributed by atoms with van der Waals surface area (Å²) in [6.07, 6.45) is 1.67. The van der Waals surface area contributed by atoms with E-state index in [-0.39, 0.29) is 18.0 Å². The van der Waals surface area contributed by atoms with Gasteiger partial charge < -0.3 is 9.47 Å². The number of pyridine rings is 1. The Labute approximate surface area is 103 Å². The summed E-state index contributed by atoms with van der Waals surface area (Å²) in [5, 5.41) is 0. The molecule has 0 bridgehead atoms. The van der Waals surface area contributed by atoms with Gasteiger partial charge in [0.2, 0.25) is 5.95 Å². The van der Waals surface area contributed by atoms with E-state index in [1.807, 2.05) is 6.92 Å². The molecule has 0 amide bonds. The van der Waals surface area contributed by atoms with E-state index in [1.54, 1.807) is 18.3 Å². The van der Waals surface area contributed by atoms with Gasteiger partial charge in [-0.25, -0.2) is 5.84 Å². The molecule has 2 rings (SSSR count). The highest BCUT2D eigenvalue weighted by Gasteiger charge is 2.09. The largest absolute Gasteiger partial charge is 0.467 e. The van der Waals surface area contributed by atoms with E-state index < -0.39 is 0 Å². The van der Waals surface area contributed by atoms with Crippen LogP contribution < -0.4 is 20.7 Å². The first-order chi connectivity index (χ1) is 8.72. The molecule has 0 radical (unpaired) electrons. The Bertz CT molecular complexity index is 525. The summed E-state index contributed by atoms with van der Waals surface area (Å²) < 4.78 is 10.4. The third-order valence-electron chi connectivity index (χ3n) is 2.07. The number of hydrazine groups is 1. The number of anilines is 1. The molecule has 0 aliphatic heterocycles. The summed E-state index contributed by atoms with van der Waals surface area (Å²) in [5.74, 6) is 5.94. The van der Waals surface area contributed by atoms with Crippen LogP contribution in [-0.2, 0) is 0 Å². The van der Waals surface area contributed by atoms with Crippen LogP contribution in [0.5, 0.6) is 17.8 Å². The van der Waals surface area contributed by atoms with Crippen LogP contribution in [0.2, 0.25) is 0 Å². The van der Waals surface area contributed by atoms with Gasteiger partial charge in [-0.15, -0.1) is 4.98 Å². The second kappa shape index (κ2) is 5.23. The first-order valence-electron chi connectivity index (χ1n) is 5.09. The highest BCUT2D eigenvalue weighted by Crippen LogP contribution is 2.21. The smallest absolute Gasteiger partial charge is 0.330 e. The average Bonchev–Trinajstić information content (AvgIpc) is 2.41. The van der Waals surface area contributed by atoms with Crippen molar-refractivity contribution in [2.24, 2.45) is 5.84 Å². The zero-order chi connectivity index (χ0) is 13.0. The molecule has 0 saturated heterocycles. The van der Waals surface area contributed by atoms with Crippen LogP contribution in [0.15, 0.2) is 18.3 Å². The molecular weight excluding hydrogens is 236 g/mol. The molecule has 2 aromatic heterocycles. The standard InChI is InChI=1S/C10H12N6O2/c1-6-7(4-3-5-12-6)18-10-14-8(16-11)13-9(15-10)17-2/h3-5H,11H2,1-2H3,(H,13,14,15,16). The predicted octanol–water partition coefficient (Wildman–Crippen LogP) is 0.662. The molecule has 8 nitrogen and oxygen atoms in total. The number of hydrogen-bond acceptors (Lipinski definition) is 8. The van der Waals surface area contributed by atoms with E-state index in [0.29, 0.717) is 5.75 Å². The summed E-state index contributed by atoms with van der Waals surface area (Å²) in [6.45, 7) is 1.82. The maximum atomic E-state index is 5.49. The van der Waals surface area contributed by atoms with Crippen molar-refractivity contribution in [3.05, 3.63) is 24.0 Å². The van der Waals surface area contributed by atoms with Crippen LogP contribution in [0.4, 0.5) is 5.95 Å². The van der Waals surface area contributed by atoms with Gasteiger partial charge >= 0.3 is 12.0 Å². The Balaban J connectivity index is 2.31. The van der Waals surface area contributed by atoms with E-state index in [4.69, 9.17) is 15.3 Å². The van der Waals surface area contributed by atoms with Gasteiger partial charge in [0, 0.05) is 6.20 Å². The van der Waals surface area contributed by atoms with Gasteiger partial charge in [0.15, 0.2) is 5.75 Å². The van der Waals surface area contributed by atoms with Gasteiger partial charge in [-0.05, 0) is 19.1 Å². The van der Waals surface area contributed by atoms with Crippen LogP contribution in [0.25, 0.3) is 0 Å². The van der Waals surface area contributed by atoms with Crippen molar-refractivity contribution in [3.63, 3.8) is 0 Å². The Morgan fingerprint density at radius 3 is 2.67 bits per heavy atom. The lowest BCUT2D eigenvalue weighted by Gasteiger charge is -2.07. The zero-order valence-electron chi connectivity index (χ0n) is 9.91. The molecule has 3 N–H and O–H groups in total. The van der Waals surface area contributed by atoms with Crippen LogP contribution in [0.1, 0.15) is 5.69 Å². The minimum absolute atomic E-state index is 0.0749. The van der Waals surface area contributed by atoms with Gasteiger partial charge in [0.05, 0.1) is 12.8 Å². The van der Waals surface area contributed by atoms with Crippen molar-refractivity contribution in [3.8, 4) is 17.8 Å². The highest BCUT2D eigenvalue weighted by atomic mass is 16.5. The third-order valence-corrected chi connectivity index (χ3v) is 2.07. The van der Waals surface area contributed by atoms with E-state index in [1.165, 1.54) is 7.11 Å². The van der Waals surface area contributed by atoms with Crippen LogP contribution in [-0.4, -0.2) is 27.0 Å². The lowest BCUT2D eigenvalue weighted by molar-refractivity contribution is 0.359. The first-order valence-corrected chi connectivity index (χ1v) is 5.09. The molecule has 0 unspecified atom stereocenters. The number of methoxy groups -OCH3 is 1. The van der Waals surface area contributed by atoms with Crippen molar-refractivity contribution in [1.82, 2.24) is 19.9 Å². The van der Waals surface area contributed by atoms with Crippen molar-refractivity contribution < 1.29 is 9.47 Å². The van der Waals surface area contributed by atoms with Crippen LogP contribution in [0, 0.1) is 6.92 Å². The fraction of sp³-hybridized carbons (Fsp3) is 0.200. The monoisotopic (exact) mass is 248 g/mol. The number of nitrogens with two attached hydrogens (primary N) is 1. The number of nitrogen functional groups attached to an aromatic ring is 1. The fourth-order valence-electron chi connectivity index (χ4n) is 1.22. The number of nitrogens with zero attached hydrogens (tertiary/aromatic N) is 4. The molecule has 0 aromatic carbocycles. The molecule has 0 fully saturated rings. The number of nitrogens with one attached hydrogen (secondary N) is 1. The number of aryl methyl sites for hydroxylation is 1. The number of ether oxygens (including phenoxy) is 2. The van der Waals surface area contributed by atoms with Gasteiger partial charge in [-0.2, -0.15) is 9.97 Å². The predicted molar refractivity (Wildman–Crippen MR) is 63.2 cm³/mol. The minimum atomic E-state index is 0.0749. The van der Waals surface area contributed by atoms with Crippen LogP contribution in [0.3, 0.4) is 0 Å².